The van der Waals surface area contributed by atoms with E-state index in [2.05, 4.69) is 20.8 Å². The van der Waals surface area contributed by atoms with Crippen molar-refractivity contribution in [2.75, 3.05) is 7.11 Å². The second-order valence-corrected chi connectivity index (χ2v) is 11.0. The normalized spacial score (nSPS) is 49.0. The monoisotopic (exact) mass is 390 g/mol. The number of Topliss-reactive ketones (excluding diaryl/α,β-unsaturated/α-hetero) is 1. The Labute approximate surface area is 169 Å². The van der Waals surface area contributed by atoms with Gasteiger partial charge in [0.05, 0.1) is 13.2 Å². The molecule has 4 aliphatic carbocycles. The van der Waals surface area contributed by atoms with Gasteiger partial charge in [-0.3, -0.25) is 9.59 Å². The summed E-state index contributed by atoms with van der Waals surface area (Å²) in [6.07, 6.45) is 8.29. The number of aliphatic hydroxyl groups is 1. The molecule has 0 saturated heterocycles. The molecule has 4 aliphatic rings. The number of methoxy groups -OCH3 is 1. The number of esters is 1. The lowest BCUT2D eigenvalue weighted by Gasteiger charge is -2.60. The minimum Gasteiger partial charge on any atom is -0.469 e. The first-order valence-corrected chi connectivity index (χ1v) is 11.5. The van der Waals surface area contributed by atoms with Gasteiger partial charge in [0.15, 0.2) is 0 Å². The molecule has 0 radical (unpaired) electrons. The zero-order valence-electron chi connectivity index (χ0n) is 18.1. The van der Waals surface area contributed by atoms with Crippen LogP contribution in [0, 0.1) is 46.3 Å². The molecule has 4 heteroatoms. The van der Waals surface area contributed by atoms with Crippen LogP contribution < -0.4 is 0 Å². The van der Waals surface area contributed by atoms with Crippen molar-refractivity contribution >= 4 is 11.8 Å². The molecular weight excluding hydrogens is 352 g/mol. The molecule has 8 unspecified atom stereocenters. The van der Waals surface area contributed by atoms with Crippen LogP contribution in [-0.4, -0.2) is 30.1 Å². The highest BCUT2D eigenvalue weighted by Crippen LogP contribution is 2.67. The third-order valence-corrected chi connectivity index (χ3v) is 9.92. The molecule has 0 aromatic rings. The number of carbonyl (C=O) groups is 2. The van der Waals surface area contributed by atoms with Crippen molar-refractivity contribution in [2.45, 2.75) is 84.7 Å². The first kappa shape index (κ1) is 20.4. The van der Waals surface area contributed by atoms with Crippen LogP contribution >= 0.6 is 0 Å². The van der Waals surface area contributed by atoms with Gasteiger partial charge in [0.2, 0.25) is 0 Å². The predicted octanol–water partition coefficient (Wildman–Crippen LogP) is 4.38. The number of ketones is 1. The van der Waals surface area contributed by atoms with Crippen molar-refractivity contribution in [3.63, 3.8) is 0 Å². The van der Waals surface area contributed by atoms with E-state index in [4.69, 9.17) is 4.74 Å². The van der Waals surface area contributed by atoms with E-state index in [1.807, 2.05) is 0 Å². The smallest absolute Gasteiger partial charge is 0.305 e. The number of carbonyl (C=O) groups excluding carboxylic acids is 2. The maximum absolute atomic E-state index is 13.4. The minimum absolute atomic E-state index is 0.113. The minimum atomic E-state index is -0.216. The van der Waals surface area contributed by atoms with Crippen LogP contribution in [0.5, 0.6) is 0 Å². The van der Waals surface area contributed by atoms with Gasteiger partial charge in [-0.2, -0.15) is 0 Å². The van der Waals surface area contributed by atoms with Crippen molar-refractivity contribution in [2.24, 2.45) is 46.3 Å². The fourth-order valence-electron chi connectivity index (χ4n) is 8.37. The maximum atomic E-state index is 13.4. The van der Waals surface area contributed by atoms with Gasteiger partial charge in [0, 0.05) is 18.8 Å². The van der Waals surface area contributed by atoms with Gasteiger partial charge < -0.3 is 9.84 Å². The molecule has 9 atom stereocenters. The molecule has 0 heterocycles. The van der Waals surface area contributed by atoms with Gasteiger partial charge in [-0.05, 0) is 85.4 Å². The van der Waals surface area contributed by atoms with Crippen LogP contribution in [-0.2, 0) is 14.3 Å². The van der Waals surface area contributed by atoms with E-state index in [1.54, 1.807) is 0 Å². The van der Waals surface area contributed by atoms with E-state index in [-0.39, 0.29) is 28.8 Å². The van der Waals surface area contributed by atoms with Gasteiger partial charge in [0.25, 0.3) is 0 Å². The Morgan fingerprint density at radius 1 is 1.14 bits per heavy atom. The predicted molar refractivity (Wildman–Crippen MR) is 107 cm³/mol. The zero-order chi connectivity index (χ0) is 20.3. The topological polar surface area (TPSA) is 63.6 Å². The molecule has 0 amide bonds. The lowest BCUT2D eigenvalue weighted by molar-refractivity contribution is -0.161. The molecule has 4 fully saturated rings. The molecule has 28 heavy (non-hydrogen) atoms. The molecule has 1 N–H and O–H groups in total. The van der Waals surface area contributed by atoms with Gasteiger partial charge in [0.1, 0.15) is 5.78 Å². The van der Waals surface area contributed by atoms with E-state index < -0.39 is 0 Å². The van der Waals surface area contributed by atoms with E-state index in [9.17, 15) is 14.7 Å². The van der Waals surface area contributed by atoms with Gasteiger partial charge in [-0.1, -0.05) is 20.8 Å². The maximum Gasteiger partial charge on any atom is 0.305 e. The fourth-order valence-corrected chi connectivity index (χ4v) is 8.37. The lowest BCUT2D eigenvalue weighted by atomic mass is 9.44. The van der Waals surface area contributed by atoms with Crippen molar-refractivity contribution < 1.29 is 19.4 Å². The summed E-state index contributed by atoms with van der Waals surface area (Å²) in [6.45, 7) is 7.03. The average molecular weight is 391 g/mol. The van der Waals surface area contributed by atoms with Crippen LogP contribution in [0.1, 0.15) is 78.6 Å². The summed E-state index contributed by atoms with van der Waals surface area (Å²) in [6, 6.07) is 0. The summed E-state index contributed by atoms with van der Waals surface area (Å²) >= 11 is 0. The Bertz CT molecular complexity index is 645. The van der Waals surface area contributed by atoms with Crippen LogP contribution in [0.4, 0.5) is 0 Å². The largest absolute Gasteiger partial charge is 0.469 e. The summed E-state index contributed by atoms with van der Waals surface area (Å²) < 4.78 is 4.92. The van der Waals surface area contributed by atoms with E-state index in [0.717, 1.165) is 38.5 Å². The Morgan fingerprint density at radius 2 is 1.82 bits per heavy atom. The highest BCUT2D eigenvalue weighted by molar-refractivity contribution is 5.83. The fraction of sp³-hybridized carbons (Fsp3) is 0.917. The SMILES string of the molecule is COC(=O)C[C@@H](C)C1CCC2C3C(=O)CC4CC(O)CCC4(C)C3CCC21C. The molecule has 0 aromatic carbocycles. The molecule has 0 aromatic heterocycles. The summed E-state index contributed by atoms with van der Waals surface area (Å²) in [4.78, 5) is 25.2. The highest BCUT2D eigenvalue weighted by atomic mass is 16.5. The van der Waals surface area contributed by atoms with E-state index in [0.29, 0.717) is 48.2 Å². The zero-order valence-corrected chi connectivity index (χ0v) is 18.1. The highest BCUT2D eigenvalue weighted by Gasteiger charge is 2.63. The molecule has 4 saturated carbocycles. The van der Waals surface area contributed by atoms with Crippen molar-refractivity contribution in [3.05, 3.63) is 0 Å². The third kappa shape index (κ3) is 2.97. The molecular formula is C24H38O4. The van der Waals surface area contributed by atoms with Crippen LogP contribution in [0.25, 0.3) is 0 Å². The number of fused-ring (bicyclic) bond motifs is 5. The van der Waals surface area contributed by atoms with Crippen molar-refractivity contribution in [3.8, 4) is 0 Å². The average Bonchev–Trinajstić information content (AvgIpc) is 3.00. The standard InChI is InChI=1S/C24H38O4/c1-14(11-21(27)28-4)17-5-6-18-22-19(8-10-24(17,18)3)23(2)9-7-16(25)12-15(23)13-20(22)26/h14-19,22,25H,5-13H2,1-4H3/t14-,15?,16?,17?,18?,19?,22?,23?,24?/m1/s1. The summed E-state index contributed by atoms with van der Waals surface area (Å²) in [5.74, 6) is 2.69. The third-order valence-electron chi connectivity index (χ3n) is 9.92. The van der Waals surface area contributed by atoms with E-state index in [1.165, 1.54) is 13.5 Å². The summed E-state index contributed by atoms with van der Waals surface area (Å²) in [5, 5.41) is 10.2. The molecule has 0 bridgehead atoms. The van der Waals surface area contributed by atoms with Crippen molar-refractivity contribution in [1.29, 1.82) is 0 Å². The quantitative estimate of drug-likeness (QED) is 0.726. The van der Waals surface area contributed by atoms with Gasteiger partial charge in [-0.15, -0.1) is 0 Å². The van der Waals surface area contributed by atoms with Crippen LogP contribution in [0.2, 0.25) is 0 Å². The molecule has 0 spiro atoms. The van der Waals surface area contributed by atoms with E-state index >= 15 is 0 Å². The van der Waals surface area contributed by atoms with Gasteiger partial charge in [-0.25, -0.2) is 0 Å². The first-order chi connectivity index (χ1) is 13.2. The second kappa shape index (κ2) is 7.11. The molecule has 4 rings (SSSR count). The van der Waals surface area contributed by atoms with Crippen molar-refractivity contribution in [1.82, 2.24) is 0 Å². The summed E-state index contributed by atoms with van der Waals surface area (Å²) in [5.41, 5.74) is 0.385. The Kier molecular flexibility index (Phi) is 5.17. The van der Waals surface area contributed by atoms with Gasteiger partial charge >= 0.3 is 5.97 Å². The number of hydrogen-bond donors (Lipinski definition) is 1. The number of aliphatic hydroxyl groups excluding tert-OH is 1. The number of hydrogen-bond acceptors (Lipinski definition) is 4. The Balaban J connectivity index is 1.58. The number of rotatable bonds is 3. The van der Waals surface area contributed by atoms with Crippen LogP contribution in [0.3, 0.4) is 0 Å². The Hall–Kier alpha value is -0.900. The first-order valence-electron chi connectivity index (χ1n) is 11.5. The second-order valence-electron chi connectivity index (χ2n) is 11.0. The molecule has 0 aliphatic heterocycles. The molecule has 158 valence electrons. The molecule has 4 nitrogen and oxygen atoms in total. The Morgan fingerprint density at radius 3 is 2.54 bits per heavy atom. The van der Waals surface area contributed by atoms with Crippen LogP contribution in [0.15, 0.2) is 0 Å². The number of ether oxygens (including phenoxy) is 1. The lowest BCUT2D eigenvalue weighted by Crippen LogP contribution is -2.57. The summed E-state index contributed by atoms with van der Waals surface area (Å²) in [7, 11) is 1.47.